The number of guanidine groups is 1. The molecule has 1 fully saturated rings. The Balaban J connectivity index is 1.48. The summed E-state index contributed by atoms with van der Waals surface area (Å²) >= 11 is 0. The molecule has 5 rings (SSSR count). The van der Waals surface area contributed by atoms with Crippen molar-refractivity contribution in [2.24, 2.45) is 34.0 Å². The standard InChI is InChI=1S/C60H78N12O14/c1-5-35(4)51(57(81)67-45(30-38-20-23-41(24-21-38)72(85)86)58(82)71-27-13-19-47(71)55(79)68-46(59(83)84)31-37-16-10-7-11-17-37)70-54(78)44(32-39-22-25-48(73)40(29-39)28-36-14-8-6-9-15-36)66-56(80)50(34(2)3)69-53(77)43(18-12-26-64-60(62)63)65-52(76)42(61)33-49(74)75/h6-11,14-17,20-25,29,34-35,42-47,50-51,73H,5,12-13,18-19,26-28,30-33,61H2,1-4H3,(H,65,76)(H,66,80)(H,67,81)(H,68,79)(H,69,77)(H,70,78)(H,74,75)(H,83,84)(H4,62,63,64)/t35-,42-,43-,44-,45-,46-,47-,50-,51-/m0/s1. The van der Waals surface area contributed by atoms with Crippen LogP contribution in [0, 0.1) is 22.0 Å². The summed E-state index contributed by atoms with van der Waals surface area (Å²) in [5, 5.41) is 57.9. The highest BCUT2D eigenvalue weighted by Crippen LogP contribution is 2.25. The van der Waals surface area contributed by atoms with Crippen LogP contribution in [-0.2, 0) is 68.8 Å². The van der Waals surface area contributed by atoms with Crippen molar-refractivity contribution in [2.75, 3.05) is 13.1 Å². The Kier molecular flexibility index (Phi) is 25.5. The first-order valence-electron chi connectivity index (χ1n) is 28.4. The van der Waals surface area contributed by atoms with E-state index in [1.54, 1.807) is 70.2 Å². The minimum Gasteiger partial charge on any atom is -0.508 e. The van der Waals surface area contributed by atoms with Gasteiger partial charge in [0.05, 0.1) is 17.4 Å². The number of carboxylic acid groups (broad SMARTS) is 2. The molecule has 1 aliphatic rings. The fourth-order valence-corrected chi connectivity index (χ4v) is 9.78. The Morgan fingerprint density at radius 1 is 0.674 bits per heavy atom. The van der Waals surface area contributed by atoms with Gasteiger partial charge in [0.2, 0.25) is 41.4 Å². The van der Waals surface area contributed by atoms with Gasteiger partial charge in [-0.05, 0) is 71.4 Å². The number of nitrogens with two attached hydrogens (primary N) is 3. The first kappa shape index (κ1) is 67.3. The normalized spacial score (nSPS) is 15.7. The van der Waals surface area contributed by atoms with Crippen LogP contribution in [0.2, 0.25) is 0 Å². The second-order valence-electron chi connectivity index (χ2n) is 21.7. The zero-order valence-corrected chi connectivity index (χ0v) is 48.5. The number of benzene rings is 4. The minimum atomic E-state index is -1.54. The van der Waals surface area contributed by atoms with E-state index in [0.717, 1.165) is 5.56 Å². The zero-order chi connectivity index (χ0) is 63.2. The fourth-order valence-electron chi connectivity index (χ4n) is 9.78. The molecule has 462 valence electrons. The van der Waals surface area contributed by atoms with Crippen LogP contribution >= 0.6 is 0 Å². The molecule has 7 amide bonds. The van der Waals surface area contributed by atoms with Gasteiger partial charge in [0.15, 0.2) is 5.96 Å². The van der Waals surface area contributed by atoms with Crippen molar-refractivity contribution >= 4 is 64.9 Å². The molecular formula is C60H78N12O14. The zero-order valence-electron chi connectivity index (χ0n) is 48.5. The van der Waals surface area contributed by atoms with E-state index in [-0.39, 0.29) is 81.9 Å². The van der Waals surface area contributed by atoms with Crippen LogP contribution in [0.1, 0.15) is 94.0 Å². The summed E-state index contributed by atoms with van der Waals surface area (Å²) in [6.07, 6.45) is -0.176. The quantitative estimate of drug-likeness (QED) is 0.0108. The molecule has 0 saturated carbocycles. The van der Waals surface area contributed by atoms with Crippen LogP contribution in [0.3, 0.4) is 0 Å². The van der Waals surface area contributed by atoms with Crippen LogP contribution in [0.25, 0.3) is 0 Å². The lowest BCUT2D eigenvalue weighted by molar-refractivity contribution is -0.384. The van der Waals surface area contributed by atoms with Crippen molar-refractivity contribution in [2.45, 2.75) is 140 Å². The highest BCUT2D eigenvalue weighted by atomic mass is 16.6. The van der Waals surface area contributed by atoms with Crippen LogP contribution in [0.4, 0.5) is 5.69 Å². The van der Waals surface area contributed by atoms with Gasteiger partial charge in [-0.25, -0.2) is 4.79 Å². The van der Waals surface area contributed by atoms with E-state index in [2.05, 4.69) is 36.9 Å². The molecule has 0 aliphatic carbocycles. The minimum absolute atomic E-state index is 0.0366. The monoisotopic (exact) mass is 1190 g/mol. The van der Waals surface area contributed by atoms with E-state index in [1.807, 2.05) is 30.3 Å². The first-order valence-corrected chi connectivity index (χ1v) is 28.4. The topological polar surface area (TPSA) is 423 Å². The van der Waals surface area contributed by atoms with Gasteiger partial charge in [0.25, 0.3) is 5.69 Å². The van der Waals surface area contributed by atoms with Crippen molar-refractivity contribution < 1.29 is 63.4 Å². The Bertz CT molecular complexity index is 3050. The van der Waals surface area contributed by atoms with Gasteiger partial charge in [-0.2, -0.15) is 0 Å². The van der Waals surface area contributed by atoms with E-state index >= 15 is 4.79 Å². The molecule has 4 aromatic rings. The summed E-state index contributed by atoms with van der Waals surface area (Å²) in [6.45, 7) is 6.72. The Hall–Kier alpha value is -9.46. The Labute approximate surface area is 497 Å². The molecule has 0 radical (unpaired) electrons. The van der Waals surface area contributed by atoms with Crippen LogP contribution in [-0.4, -0.2) is 146 Å². The number of nitrogens with one attached hydrogen (secondary N) is 6. The SMILES string of the molecule is CC[C@H](C)[C@H](NC(=O)[C@H](Cc1ccc(O)c(Cc2ccccc2)c1)NC(=O)[C@@H](NC(=O)[C@H](CCCN=C(N)N)NC(=O)[C@@H](N)CC(=O)O)C(C)C)C(=O)N[C@@H](Cc1ccc([N+](=O)[O-])cc1)C(=O)N1CCC[C@H]1C(=O)N[C@@H](Cc1ccccc1)C(=O)O. The third-order valence-corrected chi connectivity index (χ3v) is 14.7. The molecule has 9 atom stereocenters. The van der Waals surface area contributed by atoms with Crippen LogP contribution in [0.15, 0.2) is 108 Å². The number of nitro benzene ring substituents is 1. The maximum atomic E-state index is 15.0. The summed E-state index contributed by atoms with van der Waals surface area (Å²) in [5.74, 6) is -10.2. The first-order chi connectivity index (χ1) is 40.8. The molecule has 26 nitrogen and oxygen atoms in total. The maximum Gasteiger partial charge on any atom is 0.326 e. The molecule has 0 bridgehead atoms. The number of phenols is 1. The number of nitrogens with zero attached hydrogens (tertiary/aromatic N) is 3. The Morgan fingerprint density at radius 2 is 1.22 bits per heavy atom. The van der Waals surface area contributed by atoms with E-state index in [0.29, 0.717) is 28.7 Å². The fraction of sp³-hybridized carbons (Fsp3) is 0.433. The number of hydrogen-bond donors (Lipinski definition) is 12. The number of amides is 7. The number of phenolic OH excluding ortho intramolecular Hbond substituents is 1. The van der Waals surface area contributed by atoms with Crippen LogP contribution in [0.5, 0.6) is 5.75 Å². The number of carbonyl (C=O) groups excluding carboxylic acids is 7. The molecule has 26 heteroatoms. The average Bonchev–Trinajstić information content (AvgIpc) is 3.30. The number of rotatable bonds is 32. The summed E-state index contributed by atoms with van der Waals surface area (Å²) < 4.78 is 0. The lowest BCUT2D eigenvalue weighted by Crippen LogP contribution is -2.62. The van der Waals surface area contributed by atoms with Gasteiger partial charge in [0.1, 0.15) is 48.0 Å². The highest BCUT2D eigenvalue weighted by molar-refractivity contribution is 5.98. The number of carboxylic acids is 2. The molecule has 1 aliphatic heterocycles. The molecule has 4 aromatic carbocycles. The largest absolute Gasteiger partial charge is 0.508 e. The van der Waals surface area contributed by atoms with Gasteiger partial charge < -0.3 is 69.3 Å². The maximum absolute atomic E-state index is 15.0. The van der Waals surface area contributed by atoms with Gasteiger partial charge in [-0.15, -0.1) is 0 Å². The van der Waals surface area contributed by atoms with E-state index < -0.39 is 125 Å². The van der Waals surface area contributed by atoms with Gasteiger partial charge >= 0.3 is 11.9 Å². The molecule has 86 heavy (non-hydrogen) atoms. The van der Waals surface area contributed by atoms with Crippen molar-refractivity contribution in [3.05, 3.63) is 141 Å². The molecule has 1 saturated heterocycles. The summed E-state index contributed by atoms with van der Waals surface area (Å²) in [5.41, 5.74) is 19.3. The summed E-state index contributed by atoms with van der Waals surface area (Å²) in [7, 11) is 0. The van der Waals surface area contributed by atoms with Crippen molar-refractivity contribution in [1.29, 1.82) is 0 Å². The molecule has 1 heterocycles. The molecule has 0 aromatic heterocycles. The number of likely N-dealkylation sites (tertiary alicyclic amines) is 1. The van der Waals surface area contributed by atoms with E-state index in [4.69, 9.17) is 17.2 Å². The number of non-ortho nitro benzene ring substituents is 1. The van der Waals surface area contributed by atoms with Gasteiger partial charge in [0, 0.05) is 50.9 Å². The molecule has 0 spiro atoms. The summed E-state index contributed by atoms with van der Waals surface area (Å²) in [4.78, 5) is 140. The lowest BCUT2D eigenvalue weighted by Gasteiger charge is -2.32. The second-order valence-corrected chi connectivity index (χ2v) is 21.7. The number of hydrogen-bond acceptors (Lipinski definition) is 14. The Morgan fingerprint density at radius 3 is 1.81 bits per heavy atom. The van der Waals surface area contributed by atoms with E-state index in [9.17, 15) is 63.8 Å². The second kappa shape index (κ2) is 32.6. The van der Waals surface area contributed by atoms with Gasteiger partial charge in [-0.3, -0.25) is 53.5 Å². The predicted molar refractivity (Wildman–Crippen MR) is 316 cm³/mol. The summed E-state index contributed by atoms with van der Waals surface area (Å²) in [6, 6.07) is 16.6. The average molecular weight is 1190 g/mol. The number of carbonyl (C=O) groups is 9. The molecule has 0 unspecified atom stereocenters. The lowest BCUT2D eigenvalue weighted by atomic mass is 9.95. The highest BCUT2D eigenvalue weighted by Gasteiger charge is 2.41. The number of aliphatic carboxylic acids is 2. The van der Waals surface area contributed by atoms with Crippen molar-refractivity contribution in [1.82, 2.24) is 36.8 Å². The third kappa shape index (κ3) is 20.4. The number of aromatic hydroxyl groups is 1. The van der Waals surface area contributed by atoms with Crippen molar-refractivity contribution in [3.63, 3.8) is 0 Å². The predicted octanol–water partition coefficient (Wildman–Crippen LogP) is 1.46. The third-order valence-electron chi connectivity index (χ3n) is 14.7. The molecular weight excluding hydrogens is 1110 g/mol. The van der Waals surface area contributed by atoms with Crippen molar-refractivity contribution in [3.8, 4) is 5.75 Å². The van der Waals surface area contributed by atoms with E-state index in [1.165, 1.54) is 35.2 Å². The van der Waals surface area contributed by atoms with Gasteiger partial charge in [-0.1, -0.05) is 119 Å². The smallest absolute Gasteiger partial charge is 0.326 e. The molecule has 15 N–H and O–H groups in total. The number of aliphatic imine (C=N–C) groups is 1. The number of nitro groups is 1. The van der Waals surface area contributed by atoms with Crippen LogP contribution < -0.4 is 49.1 Å².